The molecule has 3 N–H and O–H groups in total. The Bertz CT molecular complexity index is 868. The van der Waals surface area contributed by atoms with E-state index in [0.717, 1.165) is 37.8 Å². The van der Waals surface area contributed by atoms with E-state index in [2.05, 4.69) is 15.6 Å². The minimum absolute atomic E-state index is 0.0721. The van der Waals surface area contributed by atoms with Crippen molar-refractivity contribution in [1.82, 2.24) is 20.2 Å². The molecule has 0 bridgehead atoms. The summed E-state index contributed by atoms with van der Waals surface area (Å²) in [5, 5.41) is 18.1. The van der Waals surface area contributed by atoms with Crippen LogP contribution in [0.4, 0.5) is 0 Å². The maximum Gasteiger partial charge on any atom is 0.261 e. The topological polar surface area (TPSA) is 89.1 Å². The molecule has 3 unspecified atom stereocenters. The molecule has 2 fully saturated rings. The van der Waals surface area contributed by atoms with Crippen LogP contribution >= 0.6 is 11.6 Å². The van der Waals surface area contributed by atoms with E-state index in [1.165, 1.54) is 0 Å². The van der Waals surface area contributed by atoms with Gasteiger partial charge in [0.25, 0.3) is 5.56 Å². The lowest BCUT2D eigenvalue weighted by Crippen LogP contribution is -2.48. The summed E-state index contributed by atoms with van der Waals surface area (Å²) in [5.41, 5.74) is 1.36. The van der Waals surface area contributed by atoms with Crippen molar-refractivity contribution in [1.29, 1.82) is 0 Å². The smallest absolute Gasteiger partial charge is 0.261 e. The Hall–Kier alpha value is -1.41. The van der Waals surface area contributed by atoms with Crippen molar-refractivity contribution in [2.45, 2.75) is 43.5 Å². The highest BCUT2D eigenvalue weighted by Crippen LogP contribution is 2.28. The second-order valence-corrected chi connectivity index (χ2v) is 7.81. The van der Waals surface area contributed by atoms with Crippen LogP contribution in [0.5, 0.6) is 0 Å². The number of halogens is 1. The van der Waals surface area contributed by atoms with Gasteiger partial charge in [-0.2, -0.15) is 0 Å². The number of benzene rings is 1. The molecule has 2 aromatic rings. The molecule has 2 aliphatic rings. The van der Waals surface area contributed by atoms with Crippen molar-refractivity contribution < 1.29 is 5.11 Å². The molecule has 3 atom stereocenters. The number of nitrogens with zero attached hydrogens (tertiary/aromatic N) is 2. The van der Waals surface area contributed by atoms with Crippen LogP contribution in [0.1, 0.15) is 19.3 Å². The minimum atomic E-state index is -0.318. The highest BCUT2D eigenvalue weighted by Gasteiger charge is 2.45. The molecule has 25 heavy (non-hydrogen) atoms. The fourth-order valence-electron chi connectivity index (χ4n) is 3.73. The maximum atomic E-state index is 12.8. The van der Waals surface area contributed by atoms with Gasteiger partial charge in [-0.05, 0) is 37.9 Å². The first kappa shape index (κ1) is 17.0. The van der Waals surface area contributed by atoms with Gasteiger partial charge >= 0.3 is 0 Å². The zero-order valence-corrected chi connectivity index (χ0v) is 15.0. The van der Waals surface area contributed by atoms with Gasteiger partial charge in [0, 0.05) is 24.2 Å². The molecule has 0 saturated carbocycles. The Morgan fingerprint density at radius 3 is 3.00 bits per heavy atom. The molecule has 0 radical (unpaired) electrons. The number of nitrogens with one attached hydrogen (secondary N) is 2. The molecule has 2 saturated heterocycles. The zero-order valence-electron chi connectivity index (χ0n) is 14.3. The van der Waals surface area contributed by atoms with Gasteiger partial charge in [0.1, 0.15) is 7.85 Å². The first-order valence-corrected chi connectivity index (χ1v) is 9.17. The van der Waals surface area contributed by atoms with Crippen LogP contribution in [0.25, 0.3) is 10.9 Å². The van der Waals surface area contributed by atoms with E-state index in [1.54, 1.807) is 17.0 Å². The molecule has 132 valence electrons. The van der Waals surface area contributed by atoms with Crippen molar-refractivity contribution in [3.05, 3.63) is 33.8 Å². The number of fused-ring (bicyclic) bond motifs is 1. The molecular formula is C17H22BClN4O2. The molecule has 4 rings (SSSR count). The molecule has 6 nitrogen and oxygen atoms in total. The molecular weight excluding hydrogens is 338 g/mol. The highest BCUT2D eigenvalue weighted by molar-refractivity contribution is 6.45. The van der Waals surface area contributed by atoms with Gasteiger partial charge in [-0.3, -0.25) is 9.36 Å². The number of hydrogen-bond donors (Lipinski definition) is 3. The predicted molar refractivity (Wildman–Crippen MR) is 102 cm³/mol. The third kappa shape index (κ3) is 3.34. The highest BCUT2D eigenvalue weighted by atomic mass is 35.5. The summed E-state index contributed by atoms with van der Waals surface area (Å²) in [7, 11) is 1.90. The number of aromatic nitrogens is 2. The van der Waals surface area contributed by atoms with Crippen molar-refractivity contribution >= 4 is 35.8 Å². The van der Waals surface area contributed by atoms with E-state index in [1.807, 2.05) is 13.9 Å². The summed E-state index contributed by atoms with van der Waals surface area (Å²) in [4.78, 5) is 17.3. The van der Waals surface area contributed by atoms with Crippen LogP contribution in [0.2, 0.25) is 5.02 Å². The van der Waals surface area contributed by atoms with Crippen molar-refractivity contribution in [2.75, 3.05) is 13.1 Å². The van der Waals surface area contributed by atoms with Crippen molar-refractivity contribution in [3.8, 4) is 0 Å². The van der Waals surface area contributed by atoms with Gasteiger partial charge in [0.05, 0.1) is 28.9 Å². The van der Waals surface area contributed by atoms with Crippen LogP contribution in [0.15, 0.2) is 23.3 Å². The summed E-state index contributed by atoms with van der Waals surface area (Å²) >= 11 is 6.18. The number of aliphatic hydroxyl groups excluding tert-OH is 1. The number of aliphatic hydroxyl groups is 1. The Labute approximate surface area is 152 Å². The third-order valence-corrected chi connectivity index (χ3v) is 5.82. The van der Waals surface area contributed by atoms with E-state index in [4.69, 9.17) is 11.6 Å². The average Bonchev–Trinajstić information content (AvgIpc) is 3.34. The Balaban J connectivity index is 1.59. The van der Waals surface area contributed by atoms with E-state index in [9.17, 15) is 9.90 Å². The minimum Gasteiger partial charge on any atom is -0.392 e. The van der Waals surface area contributed by atoms with Gasteiger partial charge in [-0.25, -0.2) is 4.98 Å². The summed E-state index contributed by atoms with van der Waals surface area (Å²) < 4.78 is 1.66. The van der Waals surface area contributed by atoms with E-state index in [-0.39, 0.29) is 23.2 Å². The zero-order chi connectivity index (χ0) is 17.6. The lowest BCUT2D eigenvalue weighted by molar-refractivity contribution is 0.0859. The molecule has 8 heteroatoms. The molecule has 1 aromatic heterocycles. The Kier molecular flexibility index (Phi) is 4.36. The fourth-order valence-corrected chi connectivity index (χ4v) is 3.90. The quantitative estimate of drug-likeness (QED) is 0.488. The van der Waals surface area contributed by atoms with Crippen LogP contribution in [0.3, 0.4) is 0 Å². The first-order valence-electron chi connectivity index (χ1n) is 8.79. The lowest BCUT2D eigenvalue weighted by atomic mass is 9.91. The third-order valence-electron chi connectivity index (χ3n) is 5.41. The number of hydrogen-bond acceptors (Lipinski definition) is 5. The molecule has 0 spiro atoms. The Morgan fingerprint density at radius 1 is 1.48 bits per heavy atom. The molecule has 2 aliphatic heterocycles. The maximum absolute atomic E-state index is 12.8. The fraction of sp³-hybridized carbons (Fsp3) is 0.529. The monoisotopic (exact) mass is 360 g/mol. The van der Waals surface area contributed by atoms with Gasteiger partial charge in [-0.1, -0.05) is 17.1 Å². The lowest BCUT2D eigenvalue weighted by Gasteiger charge is -2.31. The summed E-state index contributed by atoms with van der Waals surface area (Å²) in [5.74, 6) is 0. The van der Waals surface area contributed by atoms with Crippen molar-refractivity contribution in [2.24, 2.45) is 0 Å². The molecule has 0 aliphatic carbocycles. The van der Waals surface area contributed by atoms with Gasteiger partial charge in [-0.15, -0.1) is 0 Å². The summed E-state index contributed by atoms with van der Waals surface area (Å²) in [6.07, 6.45) is 3.94. The van der Waals surface area contributed by atoms with Crippen molar-refractivity contribution in [3.63, 3.8) is 0 Å². The first-order chi connectivity index (χ1) is 12.0. The average molecular weight is 361 g/mol. The number of rotatable bonds is 4. The Morgan fingerprint density at radius 2 is 2.28 bits per heavy atom. The van der Waals surface area contributed by atoms with Crippen LogP contribution < -0.4 is 21.7 Å². The van der Waals surface area contributed by atoms with Crippen LogP contribution in [-0.4, -0.2) is 53.3 Å². The normalized spacial score (nSPS) is 29.0. The largest absolute Gasteiger partial charge is 0.392 e. The standard InChI is InChI=1S/C17H22BClN4O2/c18-11-5-13-10(4-12(11)19)16(25)23(9-21-13)8-17(7-22-17)6-14-15(24)2-1-3-20-14/h4-5,9,14-15,20,22,24H,1-3,6-8,18H2. The van der Waals surface area contributed by atoms with Gasteiger partial charge in [0.15, 0.2) is 0 Å². The van der Waals surface area contributed by atoms with Gasteiger partial charge < -0.3 is 15.7 Å². The SMILES string of the molecule is Bc1cc2ncn(CC3(CC4NCCCC4O)CN3)c(=O)c2cc1Cl. The van der Waals surface area contributed by atoms with E-state index in [0.29, 0.717) is 22.5 Å². The number of piperidine rings is 1. The second kappa shape index (κ2) is 6.39. The summed E-state index contributed by atoms with van der Waals surface area (Å²) in [6.45, 7) is 2.33. The van der Waals surface area contributed by atoms with E-state index < -0.39 is 0 Å². The summed E-state index contributed by atoms with van der Waals surface area (Å²) in [6, 6.07) is 3.62. The van der Waals surface area contributed by atoms with E-state index >= 15 is 0 Å². The molecule has 3 heterocycles. The second-order valence-electron chi connectivity index (χ2n) is 7.40. The molecule has 1 aromatic carbocycles. The van der Waals surface area contributed by atoms with Crippen LogP contribution in [0, 0.1) is 0 Å². The molecule has 0 amide bonds. The van der Waals surface area contributed by atoms with Crippen LogP contribution in [-0.2, 0) is 6.54 Å². The van der Waals surface area contributed by atoms with Gasteiger partial charge in [0.2, 0.25) is 0 Å². The predicted octanol–water partition coefficient (Wildman–Crippen LogP) is -0.847.